The third-order valence-corrected chi connectivity index (χ3v) is 5.70. The predicted octanol–water partition coefficient (Wildman–Crippen LogP) is 5.57. The topological polar surface area (TPSA) is 12.5 Å². The summed E-state index contributed by atoms with van der Waals surface area (Å²) in [6, 6.07) is 13.7. The fourth-order valence-corrected chi connectivity index (χ4v) is 4.51. The molecule has 23 heavy (non-hydrogen) atoms. The molecule has 0 aliphatic carbocycles. The first-order chi connectivity index (χ1) is 11.3. The molecule has 3 heteroatoms. The first-order valence-corrected chi connectivity index (χ1v) is 9.60. The van der Waals surface area contributed by atoms with Crippen LogP contribution in [0.25, 0.3) is 0 Å². The predicted molar refractivity (Wildman–Crippen MR) is 98.3 cm³/mol. The van der Waals surface area contributed by atoms with E-state index in [9.17, 15) is 0 Å². The van der Waals surface area contributed by atoms with E-state index < -0.39 is 0 Å². The van der Waals surface area contributed by atoms with Gasteiger partial charge in [-0.05, 0) is 51.4 Å². The molecule has 1 atom stereocenters. The van der Waals surface area contributed by atoms with E-state index in [-0.39, 0.29) is 0 Å². The van der Waals surface area contributed by atoms with Gasteiger partial charge in [-0.3, -0.25) is 4.90 Å². The van der Waals surface area contributed by atoms with Crippen LogP contribution >= 0.6 is 11.3 Å². The lowest BCUT2D eigenvalue weighted by atomic mass is 10.1. The number of para-hydroxylation sites is 1. The Morgan fingerprint density at radius 3 is 2.78 bits per heavy atom. The number of hydrogen-bond acceptors (Lipinski definition) is 3. The van der Waals surface area contributed by atoms with Gasteiger partial charge in [0.1, 0.15) is 5.75 Å². The lowest BCUT2D eigenvalue weighted by Crippen LogP contribution is -2.27. The molecule has 0 unspecified atom stereocenters. The molecule has 1 aliphatic rings. The van der Waals surface area contributed by atoms with Crippen molar-refractivity contribution in [3.63, 3.8) is 0 Å². The van der Waals surface area contributed by atoms with Crippen molar-refractivity contribution in [2.45, 2.75) is 52.1 Å². The van der Waals surface area contributed by atoms with Crippen LogP contribution in [0.1, 0.15) is 54.0 Å². The SMILES string of the molecule is CCOc1ccccc1CN1CCCCC[C@@H]1c1ccc(C)s1. The molecule has 3 rings (SSSR count). The Hall–Kier alpha value is -1.32. The van der Waals surface area contributed by atoms with Crippen LogP contribution in [0.15, 0.2) is 36.4 Å². The van der Waals surface area contributed by atoms with Crippen molar-refractivity contribution in [1.29, 1.82) is 0 Å². The lowest BCUT2D eigenvalue weighted by molar-refractivity contribution is 0.192. The Balaban J connectivity index is 1.83. The summed E-state index contributed by atoms with van der Waals surface area (Å²) in [5, 5.41) is 0. The maximum atomic E-state index is 5.83. The third-order valence-electron chi connectivity index (χ3n) is 4.60. The minimum Gasteiger partial charge on any atom is -0.494 e. The average molecular weight is 330 g/mol. The van der Waals surface area contributed by atoms with Gasteiger partial charge in [0.25, 0.3) is 0 Å². The number of thiophene rings is 1. The summed E-state index contributed by atoms with van der Waals surface area (Å²) >= 11 is 1.96. The minimum absolute atomic E-state index is 0.561. The molecule has 1 fully saturated rings. The van der Waals surface area contributed by atoms with Crippen LogP contribution in [0.4, 0.5) is 0 Å². The van der Waals surface area contributed by atoms with Gasteiger partial charge in [0.05, 0.1) is 6.61 Å². The average Bonchev–Trinajstić information content (AvgIpc) is 2.85. The van der Waals surface area contributed by atoms with Gasteiger partial charge in [-0.2, -0.15) is 0 Å². The largest absolute Gasteiger partial charge is 0.494 e. The third kappa shape index (κ3) is 4.15. The van der Waals surface area contributed by atoms with Crippen LogP contribution in [0.5, 0.6) is 5.75 Å². The number of ether oxygens (including phenoxy) is 1. The van der Waals surface area contributed by atoms with Gasteiger partial charge >= 0.3 is 0 Å². The molecule has 0 amide bonds. The van der Waals surface area contributed by atoms with Crippen molar-refractivity contribution in [2.24, 2.45) is 0 Å². The zero-order valence-electron chi connectivity index (χ0n) is 14.3. The van der Waals surface area contributed by atoms with Crippen molar-refractivity contribution in [2.75, 3.05) is 13.2 Å². The summed E-state index contributed by atoms with van der Waals surface area (Å²) in [5.74, 6) is 1.04. The van der Waals surface area contributed by atoms with Crippen LogP contribution in [-0.4, -0.2) is 18.1 Å². The molecule has 0 saturated carbocycles. The van der Waals surface area contributed by atoms with Crippen molar-refractivity contribution >= 4 is 11.3 Å². The highest BCUT2D eigenvalue weighted by atomic mass is 32.1. The molecular formula is C20H27NOS. The molecule has 1 aromatic heterocycles. The molecule has 0 bridgehead atoms. The highest BCUT2D eigenvalue weighted by molar-refractivity contribution is 7.12. The molecule has 2 aromatic rings. The Labute approximate surface area is 144 Å². The first kappa shape index (κ1) is 16.5. The molecule has 1 saturated heterocycles. The molecule has 1 aliphatic heterocycles. The Kier molecular flexibility index (Phi) is 5.74. The van der Waals surface area contributed by atoms with E-state index in [4.69, 9.17) is 4.74 Å². The number of nitrogens with zero attached hydrogens (tertiary/aromatic N) is 1. The number of aryl methyl sites for hydroxylation is 1. The normalized spacial score (nSPS) is 19.5. The van der Waals surface area contributed by atoms with E-state index in [1.165, 1.54) is 47.5 Å². The van der Waals surface area contributed by atoms with E-state index in [0.717, 1.165) is 18.9 Å². The van der Waals surface area contributed by atoms with Crippen molar-refractivity contribution < 1.29 is 4.74 Å². The molecular weight excluding hydrogens is 302 g/mol. The van der Waals surface area contributed by atoms with Gasteiger partial charge in [-0.1, -0.05) is 31.0 Å². The Morgan fingerprint density at radius 1 is 1.13 bits per heavy atom. The van der Waals surface area contributed by atoms with Gasteiger partial charge in [-0.15, -0.1) is 11.3 Å². The van der Waals surface area contributed by atoms with E-state index in [0.29, 0.717) is 6.04 Å². The maximum absolute atomic E-state index is 5.83. The van der Waals surface area contributed by atoms with Crippen molar-refractivity contribution in [1.82, 2.24) is 4.90 Å². The van der Waals surface area contributed by atoms with E-state index in [1.54, 1.807) is 0 Å². The smallest absolute Gasteiger partial charge is 0.123 e. The summed E-state index contributed by atoms with van der Waals surface area (Å²) in [6.07, 6.45) is 5.27. The van der Waals surface area contributed by atoms with Crippen molar-refractivity contribution in [3.05, 3.63) is 51.7 Å². The monoisotopic (exact) mass is 329 g/mol. The molecule has 0 N–H and O–H groups in total. The summed E-state index contributed by atoms with van der Waals surface area (Å²) in [7, 11) is 0. The first-order valence-electron chi connectivity index (χ1n) is 8.79. The standard InChI is InChI=1S/C20H27NOS/c1-3-22-19-11-7-6-9-17(19)15-21-14-8-4-5-10-18(21)20-13-12-16(2)23-20/h6-7,9,11-13,18H,3-5,8,10,14-15H2,1-2H3/t18-/m1/s1. The summed E-state index contributed by atoms with van der Waals surface area (Å²) < 4.78 is 5.83. The van der Waals surface area contributed by atoms with Gasteiger partial charge in [0.15, 0.2) is 0 Å². The van der Waals surface area contributed by atoms with E-state index >= 15 is 0 Å². The Bertz CT molecular complexity index is 622. The van der Waals surface area contributed by atoms with Gasteiger partial charge in [0, 0.05) is 27.9 Å². The number of hydrogen-bond donors (Lipinski definition) is 0. The second kappa shape index (κ2) is 7.98. The number of likely N-dealkylation sites (tertiary alicyclic amines) is 1. The molecule has 2 heterocycles. The molecule has 0 radical (unpaired) electrons. The van der Waals surface area contributed by atoms with Crippen LogP contribution in [-0.2, 0) is 6.54 Å². The van der Waals surface area contributed by atoms with Crippen LogP contribution < -0.4 is 4.74 Å². The second-order valence-corrected chi connectivity index (χ2v) is 7.64. The zero-order chi connectivity index (χ0) is 16.1. The van der Waals surface area contributed by atoms with Crippen LogP contribution in [0.2, 0.25) is 0 Å². The zero-order valence-corrected chi connectivity index (χ0v) is 15.1. The molecule has 2 nitrogen and oxygen atoms in total. The highest BCUT2D eigenvalue weighted by Gasteiger charge is 2.24. The number of benzene rings is 1. The molecule has 124 valence electrons. The lowest BCUT2D eigenvalue weighted by Gasteiger charge is -2.30. The van der Waals surface area contributed by atoms with Crippen LogP contribution in [0.3, 0.4) is 0 Å². The van der Waals surface area contributed by atoms with E-state index in [2.05, 4.69) is 55.1 Å². The fourth-order valence-electron chi connectivity index (χ4n) is 3.46. The summed E-state index contributed by atoms with van der Waals surface area (Å²) in [4.78, 5) is 5.60. The highest BCUT2D eigenvalue weighted by Crippen LogP contribution is 2.36. The minimum atomic E-state index is 0.561. The van der Waals surface area contributed by atoms with Gasteiger partial charge < -0.3 is 4.74 Å². The number of rotatable bonds is 5. The van der Waals surface area contributed by atoms with E-state index in [1.807, 2.05) is 11.3 Å². The van der Waals surface area contributed by atoms with Crippen LogP contribution in [0, 0.1) is 6.92 Å². The molecule has 1 aromatic carbocycles. The van der Waals surface area contributed by atoms with Crippen molar-refractivity contribution in [3.8, 4) is 5.75 Å². The maximum Gasteiger partial charge on any atom is 0.123 e. The second-order valence-electron chi connectivity index (χ2n) is 6.32. The van der Waals surface area contributed by atoms with Gasteiger partial charge in [0.2, 0.25) is 0 Å². The summed E-state index contributed by atoms with van der Waals surface area (Å²) in [5.41, 5.74) is 1.31. The fraction of sp³-hybridized carbons (Fsp3) is 0.500. The van der Waals surface area contributed by atoms with Gasteiger partial charge in [-0.25, -0.2) is 0 Å². The summed E-state index contributed by atoms with van der Waals surface area (Å²) in [6.45, 7) is 7.16. The quantitative estimate of drug-likeness (QED) is 0.711. The Morgan fingerprint density at radius 2 is 2.00 bits per heavy atom. The molecule has 0 spiro atoms.